The van der Waals surface area contributed by atoms with Crippen molar-refractivity contribution in [1.82, 2.24) is 0 Å². The van der Waals surface area contributed by atoms with Crippen molar-refractivity contribution in [2.24, 2.45) is 5.73 Å². The largest absolute Gasteiger partial charge is 0.494 e. The molecule has 0 saturated heterocycles. The molecule has 0 heterocycles. The molecule has 1 atom stereocenters. The smallest absolute Gasteiger partial charge is 0.165 e. The first-order valence-electron chi connectivity index (χ1n) is 7.03. The van der Waals surface area contributed by atoms with E-state index in [2.05, 4.69) is 0 Å². The number of ether oxygens (including phenoxy) is 2. The summed E-state index contributed by atoms with van der Waals surface area (Å²) in [5.41, 5.74) is 8.01. The number of methoxy groups -OCH3 is 1. The maximum atomic E-state index is 13.5. The number of hydrogen-bond donors (Lipinski definition) is 1. The van der Waals surface area contributed by atoms with Crippen LogP contribution in [-0.4, -0.2) is 13.2 Å². The second kappa shape index (κ2) is 5.74. The maximum Gasteiger partial charge on any atom is 0.165 e. The molecular formula is C17H18FNO2. The van der Waals surface area contributed by atoms with E-state index < -0.39 is 0 Å². The molecule has 4 heteroatoms. The molecule has 0 bridgehead atoms. The lowest BCUT2D eigenvalue weighted by Gasteiger charge is -2.15. The first kappa shape index (κ1) is 13.9. The zero-order valence-corrected chi connectivity index (χ0v) is 11.9. The normalized spacial score (nSPS) is 15.6. The van der Waals surface area contributed by atoms with Crippen LogP contribution in [0.25, 0.3) is 0 Å². The van der Waals surface area contributed by atoms with Gasteiger partial charge < -0.3 is 15.2 Å². The molecular weight excluding hydrogens is 269 g/mol. The summed E-state index contributed by atoms with van der Waals surface area (Å²) in [7, 11) is 1.44. The van der Waals surface area contributed by atoms with Crippen LogP contribution in [0, 0.1) is 5.82 Å². The van der Waals surface area contributed by atoms with Gasteiger partial charge in [0.2, 0.25) is 0 Å². The van der Waals surface area contributed by atoms with Crippen molar-refractivity contribution in [1.29, 1.82) is 0 Å². The highest BCUT2D eigenvalue weighted by atomic mass is 19.1. The standard InChI is InChI=1S/C17H18FNO2/c1-20-16-10-12(5-8-15(16)18)17(19)11-3-2-4-14(9-11)21-13-6-7-13/h2-5,8-10,13,17H,6-7,19H2,1H3. The minimum atomic E-state index is -0.390. The average Bonchev–Trinajstić information content (AvgIpc) is 3.31. The van der Waals surface area contributed by atoms with E-state index in [0.29, 0.717) is 6.10 Å². The average molecular weight is 287 g/mol. The van der Waals surface area contributed by atoms with Gasteiger partial charge in [-0.25, -0.2) is 4.39 Å². The van der Waals surface area contributed by atoms with Gasteiger partial charge in [-0.2, -0.15) is 0 Å². The Kier molecular flexibility index (Phi) is 3.80. The first-order valence-corrected chi connectivity index (χ1v) is 7.03. The van der Waals surface area contributed by atoms with E-state index in [1.165, 1.54) is 13.2 Å². The molecule has 110 valence electrons. The van der Waals surface area contributed by atoms with E-state index in [1.807, 2.05) is 24.3 Å². The molecule has 1 fully saturated rings. The summed E-state index contributed by atoms with van der Waals surface area (Å²) in [6.07, 6.45) is 2.58. The molecule has 1 saturated carbocycles. The lowest BCUT2D eigenvalue weighted by molar-refractivity contribution is 0.303. The Morgan fingerprint density at radius 2 is 1.90 bits per heavy atom. The van der Waals surface area contributed by atoms with Crippen molar-refractivity contribution in [2.45, 2.75) is 25.0 Å². The highest BCUT2D eigenvalue weighted by molar-refractivity contribution is 5.39. The van der Waals surface area contributed by atoms with Crippen LogP contribution < -0.4 is 15.2 Å². The van der Waals surface area contributed by atoms with Gasteiger partial charge in [0.25, 0.3) is 0 Å². The molecule has 1 aliphatic rings. The van der Waals surface area contributed by atoms with E-state index >= 15 is 0 Å². The molecule has 1 aliphatic carbocycles. The van der Waals surface area contributed by atoms with Crippen LogP contribution in [0.2, 0.25) is 0 Å². The van der Waals surface area contributed by atoms with Gasteiger partial charge in [0.1, 0.15) is 5.75 Å². The molecule has 3 nitrogen and oxygen atoms in total. The lowest BCUT2D eigenvalue weighted by atomic mass is 9.99. The van der Waals surface area contributed by atoms with Crippen LogP contribution in [0.1, 0.15) is 30.0 Å². The molecule has 0 radical (unpaired) electrons. The zero-order valence-electron chi connectivity index (χ0n) is 11.9. The fraction of sp³-hybridized carbons (Fsp3) is 0.294. The summed E-state index contributed by atoms with van der Waals surface area (Å²) in [6.45, 7) is 0. The molecule has 0 aromatic heterocycles. The molecule has 0 spiro atoms. The second-order valence-corrected chi connectivity index (χ2v) is 5.26. The maximum absolute atomic E-state index is 13.5. The minimum Gasteiger partial charge on any atom is -0.494 e. The van der Waals surface area contributed by atoms with Crippen LogP contribution in [0.5, 0.6) is 11.5 Å². The van der Waals surface area contributed by atoms with E-state index in [-0.39, 0.29) is 17.6 Å². The molecule has 0 aliphatic heterocycles. The van der Waals surface area contributed by atoms with Gasteiger partial charge in [-0.05, 0) is 48.2 Å². The Labute approximate surface area is 123 Å². The summed E-state index contributed by atoms with van der Waals surface area (Å²) in [4.78, 5) is 0. The molecule has 2 N–H and O–H groups in total. The van der Waals surface area contributed by atoms with E-state index in [4.69, 9.17) is 15.2 Å². The van der Waals surface area contributed by atoms with Crippen LogP contribution in [0.4, 0.5) is 4.39 Å². The van der Waals surface area contributed by atoms with Crippen LogP contribution >= 0.6 is 0 Å². The van der Waals surface area contributed by atoms with Gasteiger partial charge >= 0.3 is 0 Å². The Hall–Kier alpha value is -2.07. The van der Waals surface area contributed by atoms with E-state index in [0.717, 1.165) is 29.7 Å². The number of halogens is 1. The van der Waals surface area contributed by atoms with Crippen LogP contribution in [0.3, 0.4) is 0 Å². The fourth-order valence-corrected chi connectivity index (χ4v) is 2.22. The van der Waals surface area contributed by atoms with Crippen molar-refractivity contribution in [3.8, 4) is 11.5 Å². The first-order chi connectivity index (χ1) is 10.2. The van der Waals surface area contributed by atoms with E-state index in [9.17, 15) is 4.39 Å². The summed E-state index contributed by atoms with van der Waals surface area (Å²) >= 11 is 0. The third-order valence-electron chi connectivity index (χ3n) is 3.58. The lowest BCUT2D eigenvalue weighted by Crippen LogP contribution is -2.12. The topological polar surface area (TPSA) is 44.5 Å². The second-order valence-electron chi connectivity index (χ2n) is 5.26. The highest BCUT2D eigenvalue weighted by Gasteiger charge is 2.23. The van der Waals surface area contributed by atoms with Gasteiger partial charge in [-0.3, -0.25) is 0 Å². The van der Waals surface area contributed by atoms with E-state index in [1.54, 1.807) is 12.1 Å². The SMILES string of the molecule is COc1cc(C(N)c2cccc(OC3CC3)c2)ccc1F. The van der Waals surface area contributed by atoms with Crippen molar-refractivity contribution in [3.05, 3.63) is 59.4 Å². The van der Waals surface area contributed by atoms with Crippen molar-refractivity contribution in [3.63, 3.8) is 0 Å². The molecule has 3 rings (SSSR count). The number of hydrogen-bond acceptors (Lipinski definition) is 3. The van der Waals surface area contributed by atoms with Gasteiger partial charge in [-0.1, -0.05) is 18.2 Å². The minimum absolute atomic E-state index is 0.202. The highest BCUT2D eigenvalue weighted by Crippen LogP contribution is 2.30. The molecule has 21 heavy (non-hydrogen) atoms. The quantitative estimate of drug-likeness (QED) is 0.916. The molecule has 1 unspecified atom stereocenters. The Morgan fingerprint density at radius 1 is 1.14 bits per heavy atom. The fourth-order valence-electron chi connectivity index (χ4n) is 2.22. The summed E-state index contributed by atoms with van der Waals surface area (Å²) in [5, 5.41) is 0. The Balaban J connectivity index is 1.85. The van der Waals surface area contributed by atoms with Gasteiger partial charge in [0, 0.05) is 0 Å². The Bertz CT molecular complexity index is 640. The molecule has 2 aromatic carbocycles. The third-order valence-corrected chi connectivity index (χ3v) is 3.58. The van der Waals surface area contributed by atoms with Crippen LogP contribution in [0.15, 0.2) is 42.5 Å². The van der Waals surface area contributed by atoms with Gasteiger partial charge in [-0.15, -0.1) is 0 Å². The summed E-state index contributed by atoms with van der Waals surface area (Å²) < 4.78 is 24.2. The van der Waals surface area contributed by atoms with Crippen molar-refractivity contribution in [2.75, 3.05) is 7.11 Å². The third kappa shape index (κ3) is 3.16. The monoisotopic (exact) mass is 287 g/mol. The van der Waals surface area contributed by atoms with Crippen molar-refractivity contribution >= 4 is 0 Å². The van der Waals surface area contributed by atoms with Gasteiger partial charge in [0.15, 0.2) is 11.6 Å². The number of benzene rings is 2. The Morgan fingerprint density at radius 3 is 2.62 bits per heavy atom. The van der Waals surface area contributed by atoms with Gasteiger partial charge in [0.05, 0.1) is 19.3 Å². The summed E-state index contributed by atoms with van der Waals surface area (Å²) in [6, 6.07) is 12.1. The number of nitrogens with two attached hydrogens (primary N) is 1. The van der Waals surface area contributed by atoms with Crippen LogP contribution in [-0.2, 0) is 0 Å². The molecule has 2 aromatic rings. The molecule has 0 amide bonds. The zero-order chi connectivity index (χ0) is 14.8. The summed E-state index contributed by atoms with van der Waals surface area (Å²) in [5.74, 6) is 0.645. The predicted molar refractivity (Wildman–Crippen MR) is 79.1 cm³/mol. The predicted octanol–water partition coefficient (Wildman–Crippen LogP) is 3.42. The number of rotatable bonds is 5. The van der Waals surface area contributed by atoms with Crippen molar-refractivity contribution < 1.29 is 13.9 Å².